The molecule has 0 spiro atoms. The third-order valence-electron chi connectivity index (χ3n) is 2.55. The lowest BCUT2D eigenvalue weighted by atomic mass is 10.0. The van der Waals surface area contributed by atoms with Crippen molar-refractivity contribution in [2.75, 3.05) is 0 Å². The summed E-state index contributed by atoms with van der Waals surface area (Å²) in [5.41, 5.74) is 8.02. The van der Waals surface area contributed by atoms with Gasteiger partial charge < -0.3 is 10.2 Å². The quantitative estimate of drug-likeness (QED) is 0.861. The van der Waals surface area contributed by atoms with E-state index in [4.69, 9.17) is 10.2 Å². The van der Waals surface area contributed by atoms with Crippen molar-refractivity contribution in [3.05, 3.63) is 59.3 Å². The van der Waals surface area contributed by atoms with Crippen molar-refractivity contribution < 1.29 is 8.81 Å². The molecule has 1 aromatic carbocycles. The molecule has 16 heavy (non-hydrogen) atoms. The second kappa shape index (κ2) is 4.49. The minimum atomic E-state index is -0.225. The van der Waals surface area contributed by atoms with Crippen LogP contribution in [0.15, 0.2) is 41.0 Å². The minimum Gasteiger partial charge on any atom is -0.469 e. The summed E-state index contributed by atoms with van der Waals surface area (Å²) in [5, 5.41) is 0. The Morgan fingerprint density at radius 1 is 1.31 bits per heavy atom. The van der Waals surface area contributed by atoms with E-state index in [0.29, 0.717) is 6.42 Å². The smallest absolute Gasteiger partial charge is 0.123 e. The van der Waals surface area contributed by atoms with E-state index < -0.39 is 0 Å². The Hall–Kier alpha value is -1.61. The van der Waals surface area contributed by atoms with Crippen molar-refractivity contribution in [3.63, 3.8) is 0 Å². The number of hydrogen-bond acceptors (Lipinski definition) is 2. The second-order valence-corrected chi connectivity index (χ2v) is 3.93. The monoisotopic (exact) mass is 219 g/mol. The van der Waals surface area contributed by atoms with E-state index in [1.165, 1.54) is 12.1 Å². The first kappa shape index (κ1) is 10.9. The summed E-state index contributed by atoms with van der Waals surface area (Å²) < 4.78 is 17.9. The van der Waals surface area contributed by atoms with E-state index in [9.17, 15) is 4.39 Å². The predicted molar refractivity (Wildman–Crippen MR) is 60.5 cm³/mol. The Morgan fingerprint density at radius 3 is 2.56 bits per heavy atom. The van der Waals surface area contributed by atoms with E-state index in [-0.39, 0.29) is 11.9 Å². The van der Waals surface area contributed by atoms with Gasteiger partial charge in [0.15, 0.2) is 0 Å². The molecule has 84 valence electrons. The van der Waals surface area contributed by atoms with Crippen molar-refractivity contribution >= 4 is 0 Å². The highest BCUT2D eigenvalue weighted by atomic mass is 19.1. The molecule has 0 saturated heterocycles. The summed E-state index contributed by atoms with van der Waals surface area (Å²) in [5.74, 6) is 0.626. The highest BCUT2D eigenvalue weighted by Crippen LogP contribution is 2.18. The van der Waals surface area contributed by atoms with Gasteiger partial charge in [0.25, 0.3) is 0 Å². The molecule has 2 N–H and O–H groups in total. The SMILES string of the molecule is Cc1cc(C(N)Cc2ccc(F)cc2)co1. The Labute approximate surface area is 93.9 Å². The molecule has 3 heteroatoms. The number of nitrogens with two attached hydrogens (primary N) is 1. The summed E-state index contributed by atoms with van der Waals surface area (Å²) in [6.45, 7) is 1.88. The van der Waals surface area contributed by atoms with Gasteiger partial charge in [-0.1, -0.05) is 12.1 Å². The largest absolute Gasteiger partial charge is 0.469 e. The summed E-state index contributed by atoms with van der Waals surface area (Å²) in [4.78, 5) is 0. The van der Waals surface area contributed by atoms with Crippen LogP contribution in [0.5, 0.6) is 0 Å². The van der Waals surface area contributed by atoms with Gasteiger partial charge in [-0.3, -0.25) is 0 Å². The lowest BCUT2D eigenvalue weighted by molar-refractivity contribution is 0.528. The summed E-state index contributed by atoms with van der Waals surface area (Å²) in [7, 11) is 0. The zero-order valence-corrected chi connectivity index (χ0v) is 9.11. The Morgan fingerprint density at radius 2 is 2.00 bits per heavy atom. The summed E-state index contributed by atoms with van der Waals surface area (Å²) >= 11 is 0. The molecule has 2 nitrogen and oxygen atoms in total. The van der Waals surface area contributed by atoms with Gasteiger partial charge in [0.05, 0.1) is 6.26 Å². The molecule has 1 heterocycles. The van der Waals surface area contributed by atoms with Crippen molar-refractivity contribution in [1.82, 2.24) is 0 Å². The molecule has 2 aromatic rings. The highest BCUT2D eigenvalue weighted by molar-refractivity contribution is 5.22. The van der Waals surface area contributed by atoms with Gasteiger partial charge in [0.2, 0.25) is 0 Å². The van der Waals surface area contributed by atoms with E-state index in [0.717, 1.165) is 16.9 Å². The third-order valence-corrected chi connectivity index (χ3v) is 2.55. The topological polar surface area (TPSA) is 39.2 Å². The van der Waals surface area contributed by atoms with Gasteiger partial charge >= 0.3 is 0 Å². The highest BCUT2D eigenvalue weighted by Gasteiger charge is 2.09. The molecule has 0 aliphatic rings. The number of hydrogen-bond donors (Lipinski definition) is 1. The van der Waals surface area contributed by atoms with Crippen LogP contribution in [-0.4, -0.2) is 0 Å². The van der Waals surface area contributed by atoms with Crippen LogP contribution in [0.25, 0.3) is 0 Å². The fourth-order valence-electron chi connectivity index (χ4n) is 1.65. The van der Waals surface area contributed by atoms with Crippen LogP contribution >= 0.6 is 0 Å². The fraction of sp³-hybridized carbons (Fsp3) is 0.231. The molecule has 1 aromatic heterocycles. The van der Waals surface area contributed by atoms with Crippen molar-refractivity contribution in [1.29, 1.82) is 0 Å². The Balaban J connectivity index is 2.07. The lowest BCUT2D eigenvalue weighted by Gasteiger charge is -2.08. The standard InChI is InChI=1S/C13H14FNO/c1-9-6-11(8-16-9)13(15)7-10-2-4-12(14)5-3-10/h2-6,8,13H,7,15H2,1H3. The zero-order chi connectivity index (χ0) is 11.5. The van der Waals surface area contributed by atoms with Crippen LogP contribution in [0.1, 0.15) is 22.9 Å². The maximum atomic E-state index is 12.7. The van der Waals surface area contributed by atoms with Crippen LogP contribution in [-0.2, 0) is 6.42 Å². The fourth-order valence-corrected chi connectivity index (χ4v) is 1.65. The maximum absolute atomic E-state index is 12.7. The van der Waals surface area contributed by atoms with Crippen LogP contribution in [0.3, 0.4) is 0 Å². The molecule has 0 aliphatic carbocycles. The summed E-state index contributed by atoms with van der Waals surface area (Å²) in [6, 6.07) is 8.21. The van der Waals surface area contributed by atoms with Gasteiger partial charge in [0.1, 0.15) is 11.6 Å². The van der Waals surface area contributed by atoms with Gasteiger partial charge in [-0.15, -0.1) is 0 Å². The summed E-state index contributed by atoms with van der Waals surface area (Å²) in [6.07, 6.45) is 2.35. The van der Waals surface area contributed by atoms with Gasteiger partial charge in [-0.2, -0.15) is 0 Å². The molecule has 2 rings (SSSR count). The van der Waals surface area contributed by atoms with E-state index in [2.05, 4.69) is 0 Å². The normalized spacial score (nSPS) is 12.7. The molecule has 0 amide bonds. The molecule has 0 radical (unpaired) electrons. The molecular weight excluding hydrogens is 205 g/mol. The first-order valence-electron chi connectivity index (χ1n) is 5.20. The molecule has 0 bridgehead atoms. The Kier molecular flexibility index (Phi) is 3.06. The van der Waals surface area contributed by atoms with Crippen LogP contribution < -0.4 is 5.73 Å². The van der Waals surface area contributed by atoms with E-state index >= 15 is 0 Å². The van der Waals surface area contributed by atoms with Crippen LogP contribution in [0.4, 0.5) is 4.39 Å². The number of furan rings is 1. The third kappa shape index (κ3) is 2.49. The van der Waals surface area contributed by atoms with Crippen LogP contribution in [0.2, 0.25) is 0 Å². The molecular formula is C13H14FNO. The molecule has 0 aliphatic heterocycles. The number of benzene rings is 1. The average molecular weight is 219 g/mol. The van der Waals surface area contributed by atoms with Crippen molar-refractivity contribution in [2.24, 2.45) is 5.73 Å². The van der Waals surface area contributed by atoms with Gasteiger partial charge in [0, 0.05) is 11.6 Å². The number of rotatable bonds is 3. The van der Waals surface area contributed by atoms with E-state index in [1.807, 2.05) is 13.0 Å². The van der Waals surface area contributed by atoms with Crippen molar-refractivity contribution in [2.45, 2.75) is 19.4 Å². The first-order valence-corrected chi connectivity index (χ1v) is 5.20. The minimum absolute atomic E-state index is 0.108. The molecule has 0 fully saturated rings. The predicted octanol–water partition coefficient (Wildman–Crippen LogP) is 2.97. The average Bonchev–Trinajstić information content (AvgIpc) is 2.68. The molecule has 0 saturated carbocycles. The molecule has 1 unspecified atom stereocenters. The van der Waals surface area contributed by atoms with Gasteiger partial charge in [-0.25, -0.2) is 4.39 Å². The van der Waals surface area contributed by atoms with E-state index in [1.54, 1.807) is 18.4 Å². The van der Waals surface area contributed by atoms with Gasteiger partial charge in [-0.05, 0) is 37.1 Å². The van der Waals surface area contributed by atoms with Crippen molar-refractivity contribution in [3.8, 4) is 0 Å². The number of halogens is 1. The Bertz CT molecular complexity index is 461. The maximum Gasteiger partial charge on any atom is 0.123 e. The number of aryl methyl sites for hydroxylation is 1. The zero-order valence-electron chi connectivity index (χ0n) is 9.11. The van der Waals surface area contributed by atoms with Crippen LogP contribution in [0, 0.1) is 12.7 Å². The second-order valence-electron chi connectivity index (χ2n) is 3.93. The lowest BCUT2D eigenvalue weighted by Crippen LogP contribution is -2.12. The first-order chi connectivity index (χ1) is 7.65. The molecule has 1 atom stereocenters.